The minimum Gasteiger partial charge on any atom is -0.338 e. The van der Waals surface area contributed by atoms with E-state index in [1.165, 1.54) is 23.5 Å². The molecule has 8 nitrogen and oxygen atoms in total. The van der Waals surface area contributed by atoms with Crippen molar-refractivity contribution >= 4 is 27.3 Å². The summed E-state index contributed by atoms with van der Waals surface area (Å²) < 4.78 is 29.2. The van der Waals surface area contributed by atoms with Gasteiger partial charge in [-0.15, -0.1) is 10.2 Å². The largest absolute Gasteiger partial charge is 0.338 e. The Bertz CT molecular complexity index is 1420. The molecule has 0 aliphatic carbocycles. The average Bonchev–Trinajstić information content (AvgIpc) is 3.33. The fraction of sp³-hybridized carbons (Fsp3) is 0.240. The second kappa shape index (κ2) is 8.90. The molecular formula is C25H25N5O3S. The molecular weight excluding hydrogens is 450 g/mol. The van der Waals surface area contributed by atoms with Crippen LogP contribution in [0.4, 0.5) is 5.69 Å². The number of carbonyl (C=O) groups is 1. The van der Waals surface area contributed by atoms with E-state index in [2.05, 4.69) is 10.2 Å². The Morgan fingerprint density at radius 3 is 2.47 bits per heavy atom. The standard InChI is InChI=1S/C25H25N5O3S/c1-28(21-9-3-2-4-10-21)34(32,33)22-14-12-19(13-15-22)25(31)29-16-7-8-20(18-29)24-27-26-23-11-5-6-17-30(23)24/h2-6,9-15,17,20H,7-8,16,18H2,1H3/t20-/m0/s1. The molecule has 3 heterocycles. The summed E-state index contributed by atoms with van der Waals surface area (Å²) in [7, 11) is -2.21. The van der Waals surface area contributed by atoms with Crippen molar-refractivity contribution in [1.29, 1.82) is 0 Å². The van der Waals surface area contributed by atoms with Crippen molar-refractivity contribution in [2.75, 3.05) is 24.4 Å². The van der Waals surface area contributed by atoms with Gasteiger partial charge in [-0.3, -0.25) is 13.5 Å². The number of nitrogens with zero attached hydrogens (tertiary/aromatic N) is 5. The lowest BCUT2D eigenvalue weighted by Gasteiger charge is -2.32. The molecule has 34 heavy (non-hydrogen) atoms. The van der Waals surface area contributed by atoms with Gasteiger partial charge < -0.3 is 4.90 Å². The fourth-order valence-corrected chi connectivity index (χ4v) is 5.59. The predicted molar refractivity (Wildman–Crippen MR) is 129 cm³/mol. The van der Waals surface area contributed by atoms with Gasteiger partial charge in [0.25, 0.3) is 15.9 Å². The second-order valence-corrected chi connectivity index (χ2v) is 10.4. The van der Waals surface area contributed by atoms with E-state index >= 15 is 0 Å². The maximum Gasteiger partial charge on any atom is 0.264 e. The van der Waals surface area contributed by atoms with Crippen molar-refractivity contribution in [2.24, 2.45) is 0 Å². The lowest BCUT2D eigenvalue weighted by molar-refractivity contribution is 0.0704. The molecule has 9 heteroatoms. The Labute approximate surface area is 198 Å². The summed E-state index contributed by atoms with van der Waals surface area (Å²) in [6.07, 6.45) is 3.74. The van der Waals surface area contributed by atoms with Crippen LogP contribution in [-0.4, -0.2) is 54.0 Å². The minimum absolute atomic E-state index is 0.0919. The molecule has 1 saturated heterocycles. The molecule has 2 aromatic carbocycles. The first-order chi connectivity index (χ1) is 16.4. The zero-order valence-electron chi connectivity index (χ0n) is 18.8. The number of hydrogen-bond acceptors (Lipinski definition) is 5. The highest BCUT2D eigenvalue weighted by Gasteiger charge is 2.29. The Balaban J connectivity index is 1.33. The normalized spacial score (nSPS) is 16.5. The SMILES string of the molecule is CN(c1ccccc1)S(=O)(=O)c1ccc(C(=O)N2CCC[C@H](c3nnc4ccccn34)C2)cc1. The Morgan fingerprint density at radius 2 is 1.71 bits per heavy atom. The van der Waals surface area contributed by atoms with Crippen LogP contribution in [0.15, 0.2) is 83.9 Å². The summed E-state index contributed by atoms with van der Waals surface area (Å²) in [5.41, 5.74) is 1.83. The number of anilines is 1. The van der Waals surface area contributed by atoms with Gasteiger partial charge in [-0.05, 0) is 61.4 Å². The van der Waals surface area contributed by atoms with Crippen LogP contribution < -0.4 is 4.31 Å². The third kappa shape index (κ3) is 4.03. The summed E-state index contributed by atoms with van der Waals surface area (Å²) >= 11 is 0. The predicted octanol–water partition coefficient (Wildman–Crippen LogP) is 3.57. The third-order valence-electron chi connectivity index (χ3n) is 6.29. The molecule has 1 amide bonds. The van der Waals surface area contributed by atoms with Crippen LogP contribution in [0.1, 0.15) is 34.9 Å². The number of para-hydroxylation sites is 1. The molecule has 0 N–H and O–H groups in total. The third-order valence-corrected chi connectivity index (χ3v) is 8.09. The molecule has 0 spiro atoms. The van der Waals surface area contributed by atoms with E-state index in [4.69, 9.17) is 0 Å². The molecule has 174 valence electrons. The maximum atomic E-state index is 13.2. The van der Waals surface area contributed by atoms with Gasteiger partial charge in [-0.25, -0.2) is 8.42 Å². The van der Waals surface area contributed by atoms with E-state index < -0.39 is 10.0 Å². The van der Waals surface area contributed by atoms with E-state index in [0.29, 0.717) is 24.3 Å². The number of benzene rings is 2. The van der Waals surface area contributed by atoms with Crippen LogP contribution in [0.25, 0.3) is 5.65 Å². The second-order valence-electron chi connectivity index (χ2n) is 8.41. The fourth-order valence-electron chi connectivity index (χ4n) is 4.40. The molecule has 1 fully saturated rings. The lowest BCUT2D eigenvalue weighted by Crippen LogP contribution is -2.39. The number of fused-ring (bicyclic) bond motifs is 1. The van der Waals surface area contributed by atoms with Crippen molar-refractivity contribution < 1.29 is 13.2 Å². The number of sulfonamides is 1. The number of carbonyl (C=O) groups excluding carboxylic acids is 1. The van der Waals surface area contributed by atoms with Gasteiger partial charge >= 0.3 is 0 Å². The Morgan fingerprint density at radius 1 is 0.971 bits per heavy atom. The molecule has 0 unspecified atom stereocenters. The molecule has 0 saturated carbocycles. The maximum absolute atomic E-state index is 13.2. The first-order valence-electron chi connectivity index (χ1n) is 11.2. The first kappa shape index (κ1) is 22.1. The lowest BCUT2D eigenvalue weighted by atomic mass is 9.96. The van der Waals surface area contributed by atoms with E-state index in [-0.39, 0.29) is 16.7 Å². The minimum atomic E-state index is -3.73. The highest BCUT2D eigenvalue weighted by atomic mass is 32.2. The van der Waals surface area contributed by atoms with Crippen LogP contribution in [0.3, 0.4) is 0 Å². The molecule has 1 aliphatic rings. The van der Waals surface area contributed by atoms with Crippen LogP contribution >= 0.6 is 0 Å². The van der Waals surface area contributed by atoms with Gasteiger partial charge in [0.05, 0.1) is 10.6 Å². The first-order valence-corrected chi connectivity index (χ1v) is 12.6. The molecule has 4 aromatic rings. The van der Waals surface area contributed by atoms with Crippen molar-refractivity contribution in [3.63, 3.8) is 0 Å². The van der Waals surface area contributed by atoms with Gasteiger partial charge in [0.15, 0.2) is 5.65 Å². The van der Waals surface area contributed by atoms with Crippen molar-refractivity contribution in [3.05, 3.63) is 90.4 Å². The van der Waals surface area contributed by atoms with E-state index in [0.717, 1.165) is 24.3 Å². The highest BCUT2D eigenvalue weighted by Crippen LogP contribution is 2.28. The molecule has 0 bridgehead atoms. The van der Waals surface area contributed by atoms with Crippen LogP contribution in [0, 0.1) is 0 Å². The number of aromatic nitrogens is 3. The van der Waals surface area contributed by atoms with E-state index in [9.17, 15) is 13.2 Å². The van der Waals surface area contributed by atoms with Crippen LogP contribution in [0.5, 0.6) is 0 Å². The molecule has 1 aliphatic heterocycles. The summed E-state index contributed by atoms with van der Waals surface area (Å²) in [5.74, 6) is 0.839. The highest BCUT2D eigenvalue weighted by molar-refractivity contribution is 7.92. The van der Waals surface area contributed by atoms with Crippen molar-refractivity contribution in [1.82, 2.24) is 19.5 Å². The van der Waals surface area contributed by atoms with Gasteiger partial charge in [-0.1, -0.05) is 24.3 Å². The van der Waals surface area contributed by atoms with E-state index in [1.54, 1.807) is 36.4 Å². The monoisotopic (exact) mass is 475 g/mol. The topological polar surface area (TPSA) is 87.9 Å². The molecule has 2 aromatic heterocycles. The van der Waals surface area contributed by atoms with Crippen molar-refractivity contribution in [3.8, 4) is 0 Å². The molecule has 0 radical (unpaired) electrons. The Kier molecular flexibility index (Phi) is 5.79. The van der Waals surface area contributed by atoms with Gasteiger partial charge in [0.2, 0.25) is 0 Å². The molecule has 5 rings (SSSR count). The summed E-state index contributed by atoms with van der Waals surface area (Å²) in [4.78, 5) is 15.2. The number of rotatable bonds is 5. The zero-order valence-corrected chi connectivity index (χ0v) is 19.6. The number of piperidine rings is 1. The quantitative estimate of drug-likeness (QED) is 0.440. The van der Waals surface area contributed by atoms with Crippen LogP contribution in [0.2, 0.25) is 0 Å². The zero-order chi connectivity index (χ0) is 23.7. The summed E-state index contributed by atoms with van der Waals surface area (Å²) in [5, 5.41) is 8.61. The number of pyridine rings is 1. The van der Waals surface area contributed by atoms with Crippen LogP contribution in [-0.2, 0) is 10.0 Å². The summed E-state index contributed by atoms with van der Waals surface area (Å²) in [6.45, 7) is 1.20. The average molecular weight is 476 g/mol. The molecule has 1 atom stereocenters. The number of amides is 1. The van der Waals surface area contributed by atoms with Gasteiger partial charge in [0.1, 0.15) is 5.82 Å². The smallest absolute Gasteiger partial charge is 0.264 e. The van der Waals surface area contributed by atoms with Crippen molar-refractivity contribution in [2.45, 2.75) is 23.7 Å². The number of likely N-dealkylation sites (tertiary alicyclic amines) is 1. The van der Waals surface area contributed by atoms with Gasteiger partial charge in [0, 0.05) is 37.8 Å². The Hall–Kier alpha value is -3.72. The summed E-state index contributed by atoms with van der Waals surface area (Å²) in [6, 6.07) is 20.8. The van der Waals surface area contributed by atoms with E-state index in [1.807, 2.05) is 39.8 Å². The number of hydrogen-bond donors (Lipinski definition) is 0. The van der Waals surface area contributed by atoms with Gasteiger partial charge in [-0.2, -0.15) is 0 Å².